The molecule has 10 heteroatoms. The lowest BCUT2D eigenvalue weighted by Gasteiger charge is -2.09. The van der Waals surface area contributed by atoms with Gasteiger partial charge in [-0.1, -0.05) is 0 Å². The molecule has 0 saturated carbocycles. The van der Waals surface area contributed by atoms with E-state index in [1.165, 1.54) is 48.5 Å². The van der Waals surface area contributed by atoms with Crippen LogP contribution < -0.4 is 27.2 Å². The van der Waals surface area contributed by atoms with Crippen molar-refractivity contribution in [3.63, 3.8) is 0 Å². The first-order valence-electron chi connectivity index (χ1n) is 7.22. The second kappa shape index (κ2) is 8.15. The average molecular weight is 357 g/mol. The van der Waals surface area contributed by atoms with Crippen LogP contribution in [-0.4, -0.2) is 29.0 Å². The summed E-state index contributed by atoms with van der Waals surface area (Å²) in [6.45, 7) is 0. The molecule has 0 aliphatic rings. The van der Waals surface area contributed by atoms with Gasteiger partial charge in [0, 0.05) is 16.9 Å². The first-order valence-corrected chi connectivity index (χ1v) is 7.22. The maximum Gasteiger partial charge on any atom is 0.335 e. The Morgan fingerprint density at radius 1 is 0.731 bits per heavy atom. The highest BCUT2D eigenvalue weighted by atomic mass is 16.4. The number of nitrogens with one attached hydrogen (secondary N) is 4. The molecule has 0 bridgehead atoms. The largest absolute Gasteiger partial charge is 0.478 e. The Balaban J connectivity index is 1.91. The number of benzene rings is 2. The van der Waals surface area contributed by atoms with E-state index in [9.17, 15) is 19.2 Å². The van der Waals surface area contributed by atoms with Crippen LogP contribution in [0.15, 0.2) is 48.5 Å². The summed E-state index contributed by atoms with van der Waals surface area (Å²) in [7, 11) is 0. The highest BCUT2D eigenvalue weighted by Gasteiger charge is 2.08. The zero-order valence-corrected chi connectivity index (χ0v) is 13.3. The van der Waals surface area contributed by atoms with Gasteiger partial charge in [-0.05, 0) is 48.5 Å². The monoisotopic (exact) mass is 357 g/mol. The molecule has 0 heterocycles. The Kier molecular flexibility index (Phi) is 5.72. The van der Waals surface area contributed by atoms with Gasteiger partial charge in [-0.15, -0.1) is 0 Å². The number of anilines is 2. The van der Waals surface area contributed by atoms with E-state index in [1.807, 2.05) is 5.43 Å². The summed E-state index contributed by atoms with van der Waals surface area (Å²) >= 11 is 0. The highest BCUT2D eigenvalue weighted by Crippen LogP contribution is 2.12. The molecule has 0 aliphatic heterocycles. The van der Waals surface area contributed by atoms with Gasteiger partial charge in [0.1, 0.15) is 0 Å². The molecule has 7 N–H and O–H groups in total. The molecule has 0 aliphatic carbocycles. The predicted molar refractivity (Wildman–Crippen MR) is 92.7 cm³/mol. The molecular formula is C16H15N5O5. The van der Waals surface area contributed by atoms with Crippen molar-refractivity contribution in [1.29, 1.82) is 0 Å². The molecule has 2 aromatic rings. The van der Waals surface area contributed by atoms with Gasteiger partial charge in [0.15, 0.2) is 0 Å². The maximum absolute atomic E-state index is 11.9. The summed E-state index contributed by atoms with van der Waals surface area (Å²) in [5.41, 5.74) is 10.1. The molecule has 0 unspecified atom stereocenters. The molecule has 134 valence electrons. The van der Waals surface area contributed by atoms with Crippen LogP contribution in [-0.2, 0) is 0 Å². The van der Waals surface area contributed by atoms with E-state index in [2.05, 4.69) is 16.1 Å². The molecule has 0 aromatic heterocycles. The SMILES string of the molecule is NC(=O)NNC(=O)c1ccc(NC(=O)Nc2ccc(C(=O)O)cc2)cc1. The van der Waals surface area contributed by atoms with Gasteiger partial charge < -0.3 is 21.5 Å². The number of carboxylic acids is 1. The maximum atomic E-state index is 11.9. The summed E-state index contributed by atoms with van der Waals surface area (Å²) < 4.78 is 0. The average Bonchev–Trinajstić information content (AvgIpc) is 2.60. The van der Waals surface area contributed by atoms with Gasteiger partial charge >= 0.3 is 18.0 Å². The number of carbonyl (C=O) groups is 4. The van der Waals surface area contributed by atoms with Crippen molar-refractivity contribution >= 4 is 35.3 Å². The summed E-state index contributed by atoms with van der Waals surface area (Å²) in [6, 6.07) is 10.1. The van der Waals surface area contributed by atoms with Crippen LogP contribution in [0.5, 0.6) is 0 Å². The van der Waals surface area contributed by atoms with E-state index in [1.54, 1.807) is 0 Å². The summed E-state index contributed by atoms with van der Waals surface area (Å²) in [5, 5.41) is 13.9. The quantitative estimate of drug-likeness (QED) is 0.454. The van der Waals surface area contributed by atoms with Crippen LogP contribution in [0.2, 0.25) is 0 Å². The molecular weight excluding hydrogens is 342 g/mol. The van der Waals surface area contributed by atoms with Crippen LogP contribution in [0.25, 0.3) is 0 Å². The van der Waals surface area contributed by atoms with Gasteiger partial charge in [0.25, 0.3) is 5.91 Å². The first kappa shape index (κ1) is 18.3. The number of amides is 5. The van der Waals surface area contributed by atoms with Crippen LogP contribution in [0.4, 0.5) is 21.0 Å². The molecule has 0 spiro atoms. The number of carbonyl (C=O) groups excluding carboxylic acids is 3. The van der Waals surface area contributed by atoms with Crippen LogP contribution in [0, 0.1) is 0 Å². The Hall–Kier alpha value is -4.08. The van der Waals surface area contributed by atoms with Crippen molar-refractivity contribution in [3.05, 3.63) is 59.7 Å². The van der Waals surface area contributed by atoms with Crippen molar-refractivity contribution in [2.75, 3.05) is 10.6 Å². The summed E-state index contributed by atoms with van der Waals surface area (Å²) in [6.07, 6.45) is 0. The minimum Gasteiger partial charge on any atom is -0.478 e. The van der Waals surface area contributed by atoms with Crippen LogP contribution in [0.3, 0.4) is 0 Å². The normalized spacial score (nSPS) is 9.69. The van der Waals surface area contributed by atoms with Crippen molar-refractivity contribution in [3.8, 4) is 0 Å². The number of carboxylic acid groups (broad SMARTS) is 1. The molecule has 0 atom stereocenters. The number of hydrogen-bond donors (Lipinski definition) is 6. The molecule has 0 fully saturated rings. The number of nitrogens with two attached hydrogens (primary N) is 1. The fraction of sp³-hybridized carbons (Fsp3) is 0. The van der Waals surface area contributed by atoms with Gasteiger partial charge in [-0.25, -0.2) is 19.8 Å². The van der Waals surface area contributed by atoms with E-state index in [0.29, 0.717) is 11.4 Å². The zero-order valence-electron chi connectivity index (χ0n) is 13.3. The smallest absolute Gasteiger partial charge is 0.335 e. The second-order valence-corrected chi connectivity index (χ2v) is 4.98. The molecule has 26 heavy (non-hydrogen) atoms. The van der Waals surface area contributed by atoms with Crippen molar-refractivity contribution < 1.29 is 24.3 Å². The first-order chi connectivity index (χ1) is 12.3. The number of primary amides is 1. The minimum atomic E-state index is -1.06. The fourth-order valence-corrected chi connectivity index (χ4v) is 1.89. The number of urea groups is 2. The Morgan fingerprint density at radius 2 is 1.19 bits per heavy atom. The number of hydrogen-bond acceptors (Lipinski definition) is 4. The third-order valence-corrected chi connectivity index (χ3v) is 3.09. The van der Waals surface area contributed by atoms with Gasteiger partial charge in [0.05, 0.1) is 5.56 Å². The van der Waals surface area contributed by atoms with E-state index in [-0.39, 0.29) is 11.1 Å². The zero-order chi connectivity index (χ0) is 19.1. The van der Waals surface area contributed by atoms with E-state index in [0.717, 1.165) is 0 Å². The van der Waals surface area contributed by atoms with E-state index < -0.39 is 23.9 Å². The molecule has 0 saturated heterocycles. The molecule has 0 radical (unpaired) electrons. The third-order valence-electron chi connectivity index (χ3n) is 3.09. The van der Waals surface area contributed by atoms with Crippen LogP contribution >= 0.6 is 0 Å². The van der Waals surface area contributed by atoms with E-state index >= 15 is 0 Å². The van der Waals surface area contributed by atoms with Gasteiger partial charge in [-0.2, -0.15) is 0 Å². The molecule has 5 amide bonds. The topological polar surface area (TPSA) is 163 Å². The highest BCUT2D eigenvalue weighted by molar-refractivity contribution is 6.01. The Labute approximate surface area is 147 Å². The molecule has 10 nitrogen and oxygen atoms in total. The Bertz CT molecular complexity index is 833. The third kappa shape index (κ3) is 5.23. The summed E-state index contributed by atoms with van der Waals surface area (Å²) in [5.74, 6) is -1.63. The van der Waals surface area contributed by atoms with Crippen molar-refractivity contribution in [2.24, 2.45) is 5.73 Å². The molecule has 2 aromatic carbocycles. The van der Waals surface area contributed by atoms with Crippen molar-refractivity contribution in [2.45, 2.75) is 0 Å². The van der Waals surface area contributed by atoms with Crippen molar-refractivity contribution in [1.82, 2.24) is 10.9 Å². The number of aromatic carboxylic acids is 1. The number of rotatable bonds is 4. The Morgan fingerprint density at radius 3 is 1.62 bits per heavy atom. The second-order valence-electron chi connectivity index (χ2n) is 4.98. The lowest BCUT2D eigenvalue weighted by Crippen LogP contribution is -2.44. The van der Waals surface area contributed by atoms with E-state index in [4.69, 9.17) is 10.8 Å². The fourth-order valence-electron chi connectivity index (χ4n) is 1.89. The standard InChI is InChI=1S/C16H15N5O5/c17-15(25)21-20-13(22)9-1-5-11(6-2-9)18-16(26)19-12-7-3-10(4-8-12)14(23)24/h1-8H,(H,20,22)(H,23,24)(H3,17,21,25)(H2,18,19,26). The molecule has 2 rings (SSSR count). The predicted octanol–water partition coefficient (Wildman–Crippen LogP) is 1.34. The van der Waals surface area contributed by atoms with Gasteiger partial charge in [-0.3, -0.25) is 10.2 Å². The van der Waals surface area contributed by atoms with Crippen LogP contribution in [0.1, 0.15) is 20.7 Å². The number of hydrazine groups is 1. The summed E-state index contributed by atoms with van der Waals surface area (Å²) in [4.78, 5) is 44.9. The lowest BCUT2D eigenvalue weighted by atomic mass is 10.2. The minimum absolute atomic E-state index is 0.107. The lowest BCUT2D eigenvalue weighted by molar-refractivity contribution is 0.0696. The van der Waals surface area contributed by atoms with Gasteiger partial charge in [0.2, 0.25) is 0 Å².